The van der Waals surface area contributed by atoms with Gasteiger partial charge in [0.2, 0.25) is 0 Å². The summed E-state index contributed by atoms with van der Waals surface area (Å²) in [5.74, 6) is 0.143. The minimum Gasteiger partial charge on any atom is -0.384 e. The van der Waals surface area contributed by atoms with E-state index in [4.69, 9.17) is 11.1 Å². The molecule has 0 saturated carbocycles. The van der Waals surface area contributed by atoms with Crippen molar-refractivity contribution < 1.29 is 0 Å². The van der Waals surface area contributed by atoms with E-state index in [9.17, 15) is 0 Å². The molecule has 1 aromatic rings. The van der Waals surface area contributed by atoms with E-state index in [1.165, 1.54) is 37.8 Å². The molecule has 18 heavy (non-hydrogen) atoms. The van der Waals surface area contributed by atoms with Crippen molar-refractivity contribution in [2.45, 2.75) is 45.1 Å². The molecule has 1 saturated heterocycles. The lowest BCUT2D eigenvalue weighted by Gasteiger charge is -2.31. The summed E-state index contributed by atoms with van der Waals surface area (Å²) in [7, 11) is 0. The molecule has 1 atom stereocenters. The first kappa shape index (κ1) is 12.9. The molecule has 3 N–H and O–H groups in total. The predicted molar refractivity (Wildman–Crippen MR) is 77.4 cm³/mol. The summed E-state index contributed by atoms with van der Waals surface area (Å²) in [5, 5.41) is 7.43. The standard InChI is InChI=1S/C15H23N3/c1-2-13-6-4-3-5-11-18(13)14-9-7-12(8-10-14)15(16)17/h7-10,13H,2-6,11H2,1H3,(H3,16,17). The summed E-state index contributed by atoms with van der Waals surface area (Å²) in [4.78, 5) is 2.52. The second kappa shape index (κ2) is 5.89. The molecule has 1 aliphatic rings. The van der Waals surface area contributed by atoms with Gasteiger partial charge in [0.25, 0.3) is 0 Å². The number of nitrogens with two attached hydrogens (primary N) is 1. The van der Waals surface area contributed by atoms with E-state index in [0.717, 1.165) is 12.1 Å². The largest absolute Gasteiger partial charge is 0.384 e. The van der Waals surface area contributed by atoms with Gasteiger partial charge in [-0.15, -0.1) is 0 Å². The van der Waals surface area contributed by atoms with Crippen LogP contribution >= 0.6 is 0 Å². The van der Waals surface area contributed by atoms with E-state index in [1.807, 2.05) is 12.1 Å². The fourth-order valence-corrected chi connectivity index (χ4v) is 2.77. The molecule has 1 heterocycles. The summed E-state index contributed by atoms with van der Waals surface area (Å²) in [6.07, 6.45) is 6.48. The topological polar surface area (TPSA) is 53.1 Å². The van der Waals surface area contributed by atoms with Crippen molar-refractivity contribution in [2.24, 2.45) is 5.73 Å². The van der Waals surface area contributed by atoms with Gasteiger partial charge in [-0.2, -0.15) is 0 Å². The molecule has 0 aliphatic carbocycles. The maximum atomic E-state index is 7.43. The third-order valence-electron chi connectivity index (χ3n) is 3.86. The fraction of sp³-hybridized carbons (Fsp3) is 0.533. The number of hydrogen-bond donors (Lipinski definition) is 2. The summed E-state index contributed by atoms with van der Waals surface area (Å²) in [6, 6.07) is 8.77. The van der Waals surface area contributed by atoms with Gasteiger partial charge >= 0.3 is 0 Å². The van der Waals surface area contributed by atoms with Crippen molar-refractivity contribution in [1.82, 2.24) is 0 Å². The summed E-state index contributed by atoms with van der Waals surface area (Å²) in [5.41, 5.74) is 7.57. The maximum absolute atomic E-state index is 7.43. The maximum Gasteiger partial charge on any atom is 0.122 e. The highest BCUT2D eigenvalue weighted by Crippen LogP contribution is 2.26. The lowest BCUT2D eigenvalue weighted by atomic mass is 10.1. The molecular formula is C15H23N3. The number of nitrogens with zero attached hydrogens (tertiary/aromatic N) is 1. The van der Waals surface area contributed by atoms with Crippen LogP contribution in [0.3, 0.4) is 0 Å². The zero-order chi connectivity index (χ0) is 13.0. The summed E-state index contributed by atoms with van der Waals surface area (Å²) >= 11 is 0. The van der Waals surface area contributed by atoms with Crippen molar-refractivity contribution in [3.8, 4) is 0 Å². The smallest absolute Gasteiger partial charge is 0.122 e. The van der Waals surface area contributed by atoms with Gasteiger partial charge in [-0.25, -0.2) is 0 Å². The molecule has 1 aromatic carbocycles. The molecule has 0 radical (unpaired) electrons. The quantitative estimate of drug-likeness (QED) is 0.635. The van der Waals surface area contributed by atoms with Crippen molar-refractivity contribution in [2.75, 3.05) is 11.4 Å². The van der Waals surface area contributed by atoms with Crippen molar-refractivity contribution in [3.05, 3.63) is 29.8 Å². The van der Waals surface area contributed by atoms with E-state index < -0.39 is 0 Å². The van der Waals surface area contributed by atoms with Crippen LogP contribution in [0.2, 0.25) is 0 Å². The van der Waals surface area contributed by atoms with Gasteiger partial charge < -0.3 is 10.6 Å². The van der Waals surface area contributed by atoms with Crippen LogP contribution in [0.25, 0.3) is 0 Å². The van der Waals surface area contributed by atoms with Crippen LogP contribution in [-0.2, 0) is 0 Å². The Hall–Kier alpha value is -1.51. The fourth-order valence-electron chi connectivity index (χ4n) is 2.77. The second-order valence-corrected chi connectivity index (χ2v) is 5.07. The molecule has 0 spiro atoms. The van der Waals surface area contributed by atoms with E-state index in [1.54, 1.807) is 0 Å². The molecular weight excluding hydrogens is 222 g/mol. The SMILES string of the molecule is CCC1CCCCCN1c1ccc(C(=N)N)cc1. The Balaban J connectivity index is 2.19. The number of hydrogen-bond acceptors (Lipinski definition) is 2. The molecule has 0 amide bonds. The first-order valence-corrected chi connectivity index (χ1v) is 6.93. The Morgan fingerprint density at radius 1 is 1.28 bits per heavy atom. The average molecular weight is 245 g/mol. The van der Waals surface area contributed by atoms with Crippen molar-refractivity contribution in [3.63, 3.8) is 0 Å². The van der Waals surface area contributed by atoms with Gasteiger partial charge in [-0.1, -0.05) is 19.8 Å². The molecule has 1 unspecified atom stereocenters. The van der Waals surface area contributed by atoms with Crippen LogP contribution in [-0.4, -0.2) is 18.4 Å². The summed E-state index contributed by atoms with van der Waals surface area (Å²) < 4.78 is 0. The zero-order valence-corrected chi connectivity index (χ0v) is 11.2. The molecule has 0 aromatic heterocycles. The van der Waals surface area contributed by atoms with Crippen LogP contribution in [0.1, 0.15) is 44.6 Å². The highest BCUT2D eigenvalue weighted by atomic mass is 15.2. The third-order valence-corrected chi connectivity index (χ3v) is 3.86. The van der Waals surface area contributed by atoms with Crippen LogP contribution in [0.15, 0.2) is 24.3 Å². The van der Waals surface area contributed by atoms with E-state index in [-0.39, 0.29) is 5.84 Å². The molecule has 3 heteroatoms. The highest BCUT2D eigenvalue weighted by Gasteiger charge is 2.19. The lowest BCUT2D eigenvalue weighted by Crippen LogP contribution is -2.34. The Labute approximate surface area is 109 Å². The van der Waals surface area contributed by atoms with E-state index in [2.05, 4.69) is 24.0 Å². The van der Waals surface area contributed by atoms with Crippen LogP contribution < -0.4 is 10.6 Å². The third kappa shape index (κ3) is 2.84. The van der Waals surface area contributed by atoms with E-state index >= 15 is 0 Å². The van der Waals surface area contributed by atoms with Crippen LogP contribution in [0.5, 0.6) is 0 Å². The Kier molecular flexibility index (Phi) is 4.24. The highest BCUT2D eigenvalue weighted by molar-refractivity contribution is 5.95. The number of anilines is 1. The molecule has 98 valence electrons. The second-order valence-electron chi connectivity index (χ2n) is 5.07. The first-order valence-electron chi connectivity index (χ1n) is 6.93. The van der Waals surface area contributed by atoms with Gasteiger partial charge in [-0.3, -0.25) is 5.41 Å². The Bertz CT molecular complexity index is 397. The number of amidine groups is 1. The number of rotatable bonds is 3. The Morgan fingerprint density at radius 2 is 2.00 bits per heavy atom. The molecule has 1 fully saturated rings. The first-order chi connectivity index (χ1) is 8.72. The normalized spacial score (nSPS) is 20.5. The minimum atomic E-state index is 0.143. The number of benzene rings is 1. The molecule has 2 rings (SSSR count). The van der Waals surface area contributed by atoms with Gasteiger partial charge in [0.05, 0.1) is 0 Å². The average Bonchev–Trinajstić information content (AvgIpc) is 2.63. The molecule has 0 bridgehead atoms. The van der Waals surface area contributed by atoms with Crippen molar-refractivity contribution in [1.29, 1.82) is 5.41 Å². The number of nitrogen functional groups attached to an aromatic ring is 1. The predicted octanol–water partition coefficient (Wildman–Crippen LogP) is 3.13. The van der Waals surface area contributed by atoms with Crippen LogP contribution in [0.4, 0.5) is 5.69 Å². The van der Waals surface area contributed by atoms with Crippen LogP contribution in [0, 0.1) is 5.41 Å². The van der Waals surface area contributed by atoms with Crippen molar-refractivity contribution >= 4 is 11.5 Å². The van der Waals surface area contributed by atoms with Gasteiger partial charge in [0, 0.05) is 23.8 Å². The minimum absolute atomic E-state index is 0.143. The monoisotopic (exact) mass is 245 g/mol. The lowest BCUT2D eigenvalue weighted by molar-refractivity contribution is 0.556. The molecule has 1 aliphatic heterocycles. The van der Waals surface area contributed by atoms with Gasteiger partial charge in [0.1, 0.15) is 5.84 Å². The zero-order valence-electron chi connectivity index (χ0n) is 11.2. The Morgan fingerprint density at radius 3 is 2.61 bits per heavy atom. The number of nitrogens with one attached hydrogen (secondary N) is 1. The molecule has 3 nitrogen and oxygen atoms in total. The van der Waals surface area contributed by atoms with Gasteiger partial charge in [0.15, 0.2) is 0 Å². The van der Waals surface area contributed by atoms with Gasteiger partial charge in [-0.05, 0) is 43.5 Å². The van der Waals surface area contributed by atoms with E-state index in [0.29, 0.717) is 6.04 Å². The summed E-state index contributed by atoms with van der Waals surface area (Å²) in [6.45, 7) is 3.42.